The minimum absolute atomic E-state index is 0.0480. The summed E-state index contributed by atoms with van der Waals surface area (Å²) in [5.41, 5.74) is 0. The molecule has 0 unspecified atom stereocenters. The van der Waals surface area contributed by atoms with E-state index in [2.05, 4.69) is 24.1 Å². The maximum absolute atomic E-state index is 11.3. The van der Waals surface area contributed by atoms with Crippen LogP contribution >= 0.6 is 0 Å². The number of carbonyl (C=O) groups is 1. The van der Waals surface area contributed by atoms with Gasteiger partial charge in [-0.05, 0) is 18.6 Å². The van der Waals surface area contributed by atoms with Crippen molar-refractivity contribution in [3.8, 4) is 23.3 Å². The van der Waals surface area contributed by atoms with Crippen LogP contribution in [0.4, 0.5) is 0 Å². The number of para-hydroxylation sites is 2. The molecule has 0 aliphatic carbocycles. The molecule has 1 aromatic carbocycles. The van der Waals surface area contributed by atoms with Crippen molar-refractivity contribution in [2.75, 3.05) is 20.3 Å². The second-order valence-corrected chi connectivity index (χ2v) is 4.17. The highest BCUT2D eigenvalue weighted by atomic mass is 16.5. The van der Waals surface area contributed by atoms with E-state index in [0.717, 1.165) is 12.8 Å². The minimum Gasteiger partial charge on any atom is -0.493 e. The summed E-state index contributed by atoms with van der Waals surface area (Å²) in [6.07, 6.45) is 2.50. The van der Waals surface area contributed by atoms with Crippen LogP contribution in [0.1, 0.15) is 26.2 Å². The molecule has 1 aromatic rings. The molecule has 0 aliphatic heterocycles. The van der Waals surface area contributed by atoms with Crippen molar-refractivity contribution in [1.29, 1.82) is 0 Å². The highest BCUT2D eigenvalue weighted by Gasteiger charge is 2.00. The van der Waals surface area contributed by atoms with Crippen molar-refractivity contribution in [3.63, 3.8) is 0 Å². The molecule has 0 bridgehead atoms. The summed E-state index contributed by atoms with van der Waals surface area (Å²) in [4.78, 5) is 11.3. The fourth-order valence-corrected chi connectivity index (χ4v) is 1.53. The third-order valence-electron chi connectivity index (χ3n) is 2.63. The van der Waals surface area contributed by atoms with E-state index in [-0.39, 0.29) is 12.5 Å². The Morgan fingerprint density at radius 3 is 2.70 bits per heavy atom. The second-order valence-electron chi connectivity index (χ2n) is 4.17. The lowest BCUT2D eigenvalue weighted by Gasteiger charge is -2.07. The molecule has 0 aliphatic rings. The van der Waals surface area contributed by atoms with Crippen molar-refractivity contribution in [3.05, 3.63) is 24.3 Å². The zero-order valence-electron chi connectivity index (χ0n) is 12.1. The van der Waals surface area contributed by atoms with Crippen molar-refractivity contribution >= 4 is 5.91 Å². The molecule has 0 heterocycles. The van der Waals surface area contributed by atoms with Gasteiger partial charge in [0.25, 0.3) is 0 Å². The Bertz CT molecular complexity index is 474. The van der Waals surface area contributed by atoms with Crippen molar-refractivity contribution in [1.82, 2.24) is 5.32 Å². The summed E-state index contributed by atoms with van der Waals surface area (Å²) in [6.45, 7) is 2.69. The molecule has 0 radical (unpaired) electrons. The summed E-state index contributed by atoms with van der Waals surface area (Å²) in [5, 5.41) is 2.75. The van der Waals surface area contributed by atoms with Gasteiger partial charge in [0.1, 0.15) is 6.61 Å². The Labute approximate surface area is 120 Å². The molecule has 0 spiro atoms. The van der Waals surface area contributed by atoms with Gasteiger partial charge in [0.2, 0.25) is 5.91 Å². The van der Waals surface area contributed by atoms with Crippen LogP contribution in [0.2, 0.25) is 0 Å². The molecule has 0 aromatic heterocycles. The third kappa shape index (κ3) is 6.14. The normalized spacial score (nSPS) is 9.30. The second kappa shape index (κ2) is 9.74. The van der Waals surface area contributed by atoms with E-state index in [0.29, 0.717) is 24.5 Å². The topological polar surface area (TPSA) is 47.6 Å². The number of ether oxygens (including phenoxy) is 2. The van der Waals surface area contributed by atoms with Crippen LogP contribution in [-0.4, -0.2) is 26.2 Å². The van der Waals surface area contributed by atoms with Crippen LogP contribution in [0, 0.1) is 11.8 Å². The van der Waals surface area contributed by atoms with Crippen molar-refractivity contribution in [2.45, 2.75) is 26.2 Å². The summed E-state index contributed by atoms with van der Waals surface area (Å²) in [6, 6.07) is 7.41. The smallest absolute Gasteiger partial charge is 0.220 e. The molecule has 0 saturated heterocycles. The van der Waals surface area contributed by atoms with E-state index in [4.69, 9.17) is 9.47 Å². The van der Waals surface area contributed by atoms with Gasteiger partial charge in [0.15, 0.2) is 11.5 Å². The van der Waals surface area contributed by atoms with E-state index in [1.54, 1.807) is 7.11 Å². The first-order chi connectivity index (χ1) is 9.77. The average molecular weight is 275 g/mol. The first kappa shape index (κ1) is 15.9. The fraction of sp³-hybridized carbons (Fsp3) is 0.438. The number of amides is 1. The van der Waals surface area contributed by atoms with Crippen LogP contribution < -0.4 is 14.8 Å². The largest absolute Gasteiger partial charge is 0.493 e. The maximum Gasteiger partial charge on any atom is 0.220 e. The number of carbonyl (C=O) groups excluding carboxylic acids is 1. The van der Waals surface area contributed by atoms with E-state index < -0.39 is 0 Å². The lowest BCUT2D eigenvalue weighted by molar-refractivity contribution is -0.120. The van der Waals surface area contributed by atoms with Crippen LogP contribution in [0.5, 0.6) is 11.5 Å². The van der Waals surface area contributed by atoms with Gasteiger partial charge in [-0.1, -0.05) is 37.3 Å². The first-order valence-corrected chi connectivity index (χ1v) is 6.76. The van der Waals surface area contributed by atoms with Crippen LogP contribution in [-0.2, 0) is 4.79 Å². The van der Waals surface area contributed by atoms with Gasteiger partial charge < -0.3 is 14.8 Å². The molecule has 108 valence electrons. The number of methoxy groups -OCH3 is 1. The Kier molecular flexibility index (Phi) is 7.74. The Hall–Kier alpha value is -2.15. The van der Waals surface area contributed by atoms with E-state index >= 15 is 0 Å². The average Bonchev–Trinajstić information content (AvgIpc) is 2.49. The molecule has 1 N–H and O–H groups in total. The number of nitrogens with one attached hydrogen (secondary N) is 1. The van der Waals surface area contributed by atoms with Gasteiger partial charge in [0, 0.05) is 6.42 Å². The predicted molar refractivity (Wildman–Crippen MR) is 78.8 cm³/mol. The maximum atomic E-state index is 11.3. The molecule has 4 nitrogen and oxygen atoms in total. The fourth-order valence-electron chi connectivity index (χ4n) is 1.53. The Balaban J connectivity index is 2.24. The van der Waals surface area contributed by atoms with Gasteiger partial charge in [-0.2, -0.15) is 0 Å². The van der Waals surface area contributed by atoms with Gasteiger partial charge in [-0.25, -0.2) is 0 Å². The lowest BCUT2D eigenvalue weighted by Crippen LogP contribution is -2.23. The Morgan fingerprint density at radius 2 is 2.00 bits per heavy atom. The van der Waals surface area contributed by atoms with E-state index in [9.17, 15) is 4.79 Å². The monoisotopic (exact) mass is 275 g/mol. The SMILES string of the molecule is CCCCC(=O)NCC#CCOc1ccccc1OC. The van der Waals surface area contributed by atoms with Gasteiger partial charge >= 0.3 is 0 Å². The highest BCUT2D eigenvalue weighted by molar-refractivity contribution is 5.76. The molecule has 0 atom stereocenters. The molecular formula is C16H21NO3. The highest BCUT2D eigenvalue weighted by Crippen LogP contribution is 2.25. The Morgan fingerprint density at radius 1 is 1.25 bits per heavy atom. The summed E-state index contributed by atoms with van der Waals surface area (Å²) >= 11 is 0. The molecule has 0 fully saturated rings. The standard InChI is InChI=1S/C16H21NO3/c1-3-4-11-16(18)17-12-7-8-13-20-15-10-6-5-9-14(15)19-2/h5-6,9-10H,3-4,11-13H2,1-2H3,(H,17,18). The first-order valence-electron chi connectivity index (χ1n) is 6.76. The van der Waals surface area contributed by atoms with Gasteiger partial charge in [-0.3, -0.25) is 4.79 Å². The van der Waals surface area contributed by atoms with Crippen molar-refractivity contribution in [2.24, 2.45) is 0 Å². The quantitative estimate of drug-likeness (QED) is 0.777. The van der Waals surface area contributed by atoms with Gasteiger partial charge in [-0.15, -0.1) is 0 Å². The third-order valence-corrected chi connectivity index (χ3v) is 2.63. The van der Waals surface area contributed by atoms with Crippen LogP contribution in [0.15, 0.2) is 24.3 Å². The van der Waals surface area contributed by atoms with Crippen molar-refractivity contribution < 1.29 is 14.3 Å². The number of unbranched alkanes of at least 4 members (excludes halogenated alkanes) is 1. The summed E-state index contributed by atoms with van der Waals surface area (Å²) in [7, 11) is 1.60. The molecule has 0 saturated carbocycles. The molecule has 1 amide bonds. The summed E-state index contributed by atoms with van der Waals surface area (Å²) in [5.74, 6) is 7.10. The lowest BCUT2D eigenvalue weighted by atomic mass is 10.2. The van der Waals surface area contributed by atoms with Crippen LogP contribution in [0.25, 0.3) is 0 Å². The molecule has 4 heteroatoms. The van der Waals surface area contributed by atoms with Gasteiger partial charge in [0.05, 0.1) is 13.7 Å². The van der Waals surface area contributed by atoms with E-state index in [1.807, 2.05) is 24.3 Å². The van der Waals surface area contributed by atoms with E-state index in [1.165, 1.54) is 0 Å². The zero-order valence-corrected chi connectivity index (χ0v) is 12.1. The van der Waals surface area contributed by atoms with Crippen LogP contribution in [0.3, 0.4) is 0 Å². The minimum atomic E-state index is 0.0480. The number of rotatable bonds is 7. The number of benzene rings is 1. The predicted octanol–water partition coefficient (Wildman–Crippen LogP) is 2.38. The molecule has 1 rings (SSSR count). The summed E-state index contributed by atoms with van der Waals surface area (Å²) < 4.78 is 10.7. The number of hydrogen-bond donors (Lipinski definition) is 1. The molecule has 20 heavy (non-hydrogen) atoms. The zero-order chi connectivity index (χ0) is 14.6. The molecular weight excluding hydrogens is 254 g/mol. The number of hydrogen-bond acceptors (Lipinski definition) is 3.